The molecule has 1 atom stereocenters. The standard InChI is InChI=1S/C13H20ClNO/c1-4-10(9-15-2)7-11-5-6-12(16-3)8-13(11)14/h5-6,8,10,15H,4,7,9H2,1-3H3. The first kappa shape index (κ1) is 13.3. The second kappa shape index (κ2) is 6.77. The molecule has 0 aromatic heterocycles. The number of methoxy groups -OCH3 is 1. The van der Waals surface area contributed by atoms with Gasteiger partial charge < -0.3 is 10.1 Å². The van der Waals surface area contributed by atoms with Crippen LogP contribution in [0.2, 0.25) is 5.02 Å². The lowest BCUT2D eigenvalue weighted by Gasteiger charge is -2.15. The van der Waals surface area contributed by atoms with E-state index in [1.54, 1.807) is 7.11 Å². The van der Waals surface area contributed by atoms with Crippen LogP contribution in [0.5, 0.6) is 5.75 Å². The summed E-state index contributed by atoms with van der Waals surface area (Å²) in [6, 6.07) is 5.90. The number of ether oxygens (including phenoxy) is 1. The van der Waals surface area contributed by atoms with Crippen LogP contribution in [0, 0.1) is 5.92 Å². The van der Waals surface area contributed by atoms with E-state index in [2.05, 4.69) is 18.3 Å². The highest BCUT2D eigenvalue weighted by molar-refractivity contribution is 6.31. The van der Waals surface area contributed by atoms with E-state index in [9.17, 15) is 0 Å². The Hall–Kier alpha value is -0.730. The predicted molar refractivity (Wildman–Crippen MR) is 69.4 cm³/mol. The number of halogens is 1. The first-order valence-electron chi connectivity index (χ1n) is 5.68. The van der Waals surface area contributed by atoms with E-state index in [0.717, 1.165) is 30.2 Å². The molecule has 0 radical (unpaired) electrons. The minimum atomic E-state index is 0.635. The van der Waals surface area contributed by atoms with Crippen molar-refractivity contribution in [1.29, 1.82) is 0 Å². The van der Waals surface area contributed by atoms with Crippen LogP contribution in [0.25, 0.3) is 0 Å². The molecule has 0 aliphatic carbocycles. The Balaban J connectivity index is 2.72. The molecule has 2 nitrogen and oxygen atoms in total. The number of benzene rings is 1. The fraction of sp³-hybridized carbons (Fsp3) is 0.538. The van der Waals surface area contributed by atoms with Crippen molar-refractivity contribution >= 4 is 11.6 Å². The molecule has 0 aliphatic heterocycles. The Bertz CT molecular complexity index is 328. The number of hydrogen-bond acceptors (Lipinski definition) is 2. The highest BCUT2D eigenvalue weighted by atomic mass is 35.5. The molecule has 0 amide bonds. The Labute approximate surface area is 103 Å². The van der Waals surface area contributed by atoms with Crippen LogP contribution in [0.1, 0.15) is 18.9 Å². The Morgan fingerprint density at radius 3 is 2.69 bits per heavy atom. The summed E-state index contributed by atoms with van der Waals surface area (Å²) in [6.45, 7) is 3.23. The van der Waals surface area contributed by atoms with Crippen molar-refractivity contribution in [3.8, 4) is 5.75 Å². The van der Waals surface area contributed by atoms with E-state index < -0.39 is 0 Å². The van der Waals surface area contributed by atoms with Crippen molar-refractivity contribution in [2.75, 3.05) is 20.7 Å². The minimum absolute atomic E-state index is 0.635. The van der Waals surface area contributed by atoms with Gasteiger partial charge in [-0.1, -0.05) is 31.0 Å². The van der Waals surface area contributed by atoms with Crippen LogP contribution >= 0.6 is 11.6 Å². The van der Waals surface area contributed by atoms with E-state index in [1.807, 2.05) is 19.2 Å². The van der Waals surface area contributed by atoms with Crippen LogP contribution in [-0.2, 0) is 6.42 Å². The summed E-state index contributed by atoms with van der Waals surface area (Å²) in [4.78, 5) is 0. The van der Waals surface area contributed by atoms with Crippen LogP contribution in [0.3, 0.4) is 0 Å². The average molecular weight is 242 g/mol. The molecule has 0 aliphatic rings. The third-order valence-electron chi connectivity index (χ3n) is 2.84. The Morgan fingerprint density at radius 2 is 2.19 bits per heavy atom. The summed E-state index contributed by atoms with van der Waals surface area (Å²) in [5.74, 6) is 1.45. The van der Waals surface area contributed by atoms with Crippen molar-refractivity contribution in [1.82, 2.24) is 5.32 Å². The van der Waals surface area contributed by atoms with Gasteiger partial charge in [0, 0.05) is 5.02 Å². The van der Waals surface area contributed by atoms with Gasteiger partial charge in [-0.15, -0.1) is 0 Å². The second-order valence-electron chi connectivity index (χ2n) is 3.99. The smallest absolute Gasteiger partial charge is 0.120 e. The second-order valence-corrected chi connectivity index (χ2v) is 4.40. The molecule has 0 saturated heterocycles. The molecular weight excluding hydrogens is 222 g/mol. The van der Waals surface area contributed by atoms with Gasteiger partial charge in [-0.25, -0.2) is 0 Å². The van der Waals surface area contributed by atoms with Gasteiger partial charge in [0.1, 0.15) is 5.75 Å². The van der Waals surface area contributed by atoms with E-state index in [0.29, 0.717) is 5.92 Å². The molecule has 0 fully saturated rings. The lowest BCUT2D eigenvalue weighted by molar-refractivity contribution is 0.414. The predicted octanol–water partition coefficient (Wildman–Crippen LogP) is 3.14. The lowest BCUT2D eigenvalue weighted by Crippen LogP contribution is -2.20. The van der Waals surface area contributed by atoms with Crippen molar-refractivity contribution in [2.45, 2.75) is 19.8 Å². The normalized spacial score (nSPS) is 12.5. The zero-order valence-corrected chi connectivity index (χ0v) is 11.0. The fourth-order valence-electron chi connectivity index (χ4n) is 1.78. The summed E-state index contributed by atoms with van der Waals surface area (Å²) in [6.07, 6.45) is 2.17. The van der Waals surface area contributed by atoms with Gasteiger partial charge in [0.2, 0.25) is 0 Å². The van der Waals surface area contributed by atoms with E-state index >= 15 is 0 Å². The van der Waals surface area contributed by atoms with Crippen LogP contribution in [0.15, 0.2) is 18.2 Å². The molecule has 1 rings (SSSR count). The maximum absolute atomic E-state index is 6.21. The molecule has 0 spiro atoms. The quantitative estimate of drug-likeness (QED) is 0.826. The number of hydrogen-bond donors (Lipinski definition) is 1. The molecule has 3 heteroatoms. The van der Waals surface area contributed by atoms with Crippen LogP contribution < -0.4 is 10.1 Å². The third kappa shape index (κ3) is 3.69. The number of rotatable bonds is 6. The van der Waals surface area contributed by atoms with Gasteiger partial charge in [0.25, 0.3) is 0 Å². The van der Waals surface area contributed by atoms with Gasteiger partial charge in [0.15, 0.2) is 0 Å². The molecule has 0 bridgehead atoms. The van der Waals surface area contributed by atoms with Crippen molar-refractivity contribution < 1.29 is 4.74 Å². The van der Waals surface area contributed by atoms with E-state index in [4.69, 9.17) is 16.3 Å². The molecule has 16 heavy (non-hydrogen) atoms. The monoisotopic (exact) mass is 241 g/mol. The van der Waals surface area contributed by atoms with Gasteiger partial charge in [-0.05, 0) is 43.6 Å². The molecule has 1 aromatic carbocycles. The topological polar surface area (TPSA) is 21.3 Å². The first-order valence-corrected chi connectivity index (χ1v) is 6.06. The van der Waals surface area contributed by atoms with Crippen molar-refractivity contribution in [2.24, 2.45) is 5.92 Å². The van der Waals surface area contributed by atoms with E-state index in [-0.39, 0.29) is 0 Å². The minimum Gasteiger partial charge on any atom is -0.497 e. The summed E-state index contributed by atoms with van der Waals surface area (Å²) >= 11 is 6.21. The molecule has 90 valence electrons. The Kier molecular flexibility index (Phi) is 5.64. The molecular formula is C13H20ClNO. The molecule has 1 aromatic rings. The molecule has 1 N–H and O–H groups in total. The lowest BCUT2D eigenvalue weighted by atomic mass is 9.97. The van der Waals surface area contributed by atoms with E-state index in [1.165, 1.54) is 5.56 Å². The SMILES string of the molecule is CCC(CNC)Cc1ccc(OC)cc1Cl. The average Bonchev–Trinajstić information content (AvgIpc) is 2.30. The maximum atomic E-state index is 6.21. The molecule has 0 heterocycles. The van der Waals surface area contributed by atoms with Gasteiger partial charge >= 0.3 is 0 Å². The third-order valence-corrected chi connectivity index (χ3v) is 3.19. The van der Waals surface area contributed by atoms with Crippen molar-refractivity contribution in [3.05, 3.63) is 28.8 Å². The largest absolute Gasteiger partial charge is 0.497 e. The van der Waals surface area contributed by atoms with Gasteiger partial charge in [0.05, 0.1) is 7.11 Å². The number of nitrogens with one attached hydrogen (secondary N) is 1. The van der Waals surface area contributed by atoms with Crippen molar-refractivity contribution in [3.63, 3.8) is 0 Å². The summed E-state index contributed by atoms with van der Waals surface area (Å²) in [7, 11) is 3.64. The molecule has 1 unspecified atom stereocenters. The van der Waals surface area contributed by atoms with Gasteiger partial charge in [-0.3, -0.25) is 0 Å². The summed E-state index contributed by atoms with van der Waals surface area (Å²) in [5, 5.41) is 4.01. The summed E-state index contributed by atoms with van der Waals surface area (Å²) in [5.41, 5.74) is 1.20. The maximum Gasteiger partial charge on any atom is 0.120 e. The summed E-state index contributed by atoms with van der Waals surface area (Å²) < 4.78 is 5.13. The van der Waals surface area contributed by atoms with Crippen LogP contribution in [0.4, 0.5) is 0 Å². The molecule has 0 saturated carbocycles. The zero-order valence-electron chi connectivity index (χ0n) is 10.2. The zero-order chi connectivity index (χ0) is 12.0. The van der Waals surface area contributed by atoms with Gasteiger partial charge in [-0.2, -0.15) is 0 Å². The van der Waals surface area contributed by atoms with Crippen LogP contribution in [-0.4, -0.2) is 20.7 Å². The highest BCUT2D eigenvalue weighted by Gasteiger charge is 2.09. The first-order chi connectivity index (χ1) is 7.71. The Morgan fingerprint density at radius 1 is 1.44 bits per heavy atom. The fourth-order valence-corrected chi connectivity index (χ4v) is 2.03. The highest BCUT2D eigenvalue weighted by Crippen LogP contribution is 2.25.